The van der Waals surface area contributed by atoms with E-state index in [4.69, 9.17) is 14.2 Å². The predicted octanol–water partition coefficient (Wildman–Crippen LogP) is 4.42. The van der Waals surface area contributed by atoms with Crippen LogP contribution in [-0.2, 0) is 4.79 Å². The minimum absolute atomic E-state index is 0.0566. The molecule has 0 aromatic heterocycles. The SMILES string of the molecule is CCCN1C(=O)c2ccccc2[C@H](C(=O)N2CCCCC2)[C@@H]1c1cc(OC)c(OC)c(OC)c1. The Hall–Kier alpha value is -3.22. The van der Waals surface area contributed by atoms with E-state index in [0.717, 1.165) is 49.9 Å². The summed E-state index contributed by atoms with van der Waals surface area (Å²) in [7, 11) is 4.71. The molecule has 7 heteroatoms. The van der Waals surface area contributed by atoms with Gasteiger partial charge in [-0.05, 0) is 55.0 Å². The van der Waals surface area contributed by atoms with Crippen LogP contribution in [0.3, 0.4) is 0 Å². The van der Waals surface area contributed by atoms with Gasteiger partial charge in [0.2, 0.25) is 11.7 Å². The average Bonchev–Trinajstić information content (AvgIpc) is 2.89. The number of benzene rings is 2. The fraction of sp³-hybridized carbons (Fsp3) is 0.481. The number of likely N-dealkylation sites (tertiary alicyclic amines) is 1. The van der Waals surface area contributed by atoms with E-state index in [1.165, 1.54) is 0 Å². The molecule has 7 nitrogen and oxygen atoms in total. The summed E-state index contributed by atoms with van der Waals surface area (Å²) < 4.78 is 16.7. The number of nitrogens with zero attached hydrogens (tertiary/aromatic N) is 2. The summed E-state index contributed by atoms with van der Waals surface area (Å²) in [6, 6.07) is 10.8. The molecular formula is C27H34N2O5. The summed E-state index contributed by atoms with van der Waals surface area (Å²) >= 11 is 0. The number of hydrogen-bond donors (Lipinski definition) is 0. The molecule has 0 N–H and O–H groups in total. The van der Waals surface area contributed by atoms with Crippen molar-refractivity contribution >= 4 is 11.8 Å². The van der Waals surface area contributed by atoms with E-state index in [1.54, 1.807) is 21.3 Å². The Balaban J connectivity index is 1.92. The molecule has 2 aliphatic heterocycles. The second-order valence-electron chi connectivity index (χ2n) is 8.85. The summed E-state index contributed by atoms with van der Waals surface area (Å²) in [5.74, 6) is 0.990. The fourth-order valence-corrected chi connectivity index (χ4v) is 5.30. The molecule has 182 valence electrons. The van der Waals surface area contributed by atoms with E-state index in [9.17, 15) is 9.59 Å². The van der Waals surface area contributed by atoms with Crippen LogP contribution < -0.4 is 14.2 Å². The van der Waals surface area contributed by atoms with Gasteiger partial charge in [-0.25, -0.2) is 0 Å². The lowest BCUT2D eigenvalue weighted by Gasteiger charge is -2.44. The summed E-state index contributed by atoms with van der Waals surface area (Å²) in [6.45, 7) is 4.09. The maximum Gasteiger partial charge on any atom is 0.254 e. The van der Waals surface area contributed by atoms with Crippen molar-refractivity contribution in [2.24, 2.45) is 0 Å². The Morgan fingerprint density at radius 2 is 1.62 bits per heavy atom. The quantitative estimate of drug-likeness (QED) is 0.604. The van der Waals surface area contributed by atoms with Crippen molar-refractivity contribution < 1.29 is 23.8 Å². The normalized spacial score (nSPS) is 20.1. The lowest BCUT2D eigenvalue weighted by Crippen LogP contribution is -2.49. The van der Waals surface area contributed by atoms with E-state index >= 15 is 0 Å². The summed E-state index contributed by atoms with van der Waals surface area (Å²) in [4.78, 5) is 31.6. The molecule has 1 fully saturated rings. The van der Waals surface area contributed by atoms with Crippen molar-refractivity contribution in [1.82, 2.24) is 9.80 Å². The maximum absolute atomic E-state index is 14.1. The van der Waals surface area contributed by atoms with Gasteiger partial charge in [0.05, 0.1) is 33.3 Å². The van der Waals surface area contributed by atoms with Crippen molar-refractivity contribution in [3.8, 4) is 17.2 Å². The van der Waals surface area contributed by atoms with Gasteiger partial charge in [0.15, 0.2) is 11.5 Å². The monoisotopic (exact) mass is 466 g/mol. The Morgan fingerprint density at radius 3 is 2.21 bits per heavy atom. The molecule has 0 bridgehead atoms. The number of methoxy groups -OCH3 is 3. The number of rotatable bonds is 7. The second kappa shape index (κ2) is 10.4. The molecule has 2 amide bonds. The predicted molar refractivity (Wildman–Crippen MR) is 130 cm³/mol. The molecule has 0 saturated carbocycles. The van der Waals surface area contributed by atoms with Crippen LogP contribution in [0.2, 0.25) is 0 Å². The highest BCUT2D eigenvalue weighted by Crippen LogP contribution is 2.48. The first-order valence-corrected chi connectivity index (χ1v) is 12.0. The first-order chi connectivity index (χ1) is 16.5. The minimum atomic E-state index is -0.513. The molecule has 0 unspecified atom stereocenters. The Kier molecular flexibility index (Phi) is 7.29. The molecule has 0 aliphatic carbocycles. The zero-order valence-corrected chi connectivity index (χ0v) is 20.5. The zero-order valence-electron chi connectivity index (χ0n) is 20.5. The summed E-state index contributed by atoms with van der Waals surface area (Å²) in [5.41, 5.74) is 2.19. The number of fused-ring (bicyclic) bond motifs is 1. The van der Waals surface area contributed by atoms with Gasteiger partial charge in [-0.2, -0.15) is 0 Å². The van der Waals surface area contributed by atoms with Gasteiger partial charge < -0.3 is 24.0 Å². The molecule has 34 heavy (non-hydrogen) atoms. The van der Waals surface area contributed by atoms with Crippen LogP contribution in [0.25, 0.3) is 0 Å². The third-order valence-corrected chi connectivity index (χ3v) is 6.87. The number of amides is 2. The lowest BCUT2D eigenvalue weighted by atomic mass is 9.78. The van der Waals surface area contributed by atoms with Gasteiger partial charge in [0, 0.05) is 25.2 Å². The van der Waals surface area contributed by atoms with Crippen LogP contribution in [0.15, 0.2) is 36.4 Å². The van der Waals surface area contributed by atoms with E-state index in [0.29, 0.717) is 29.4 Å². The van der Waals surface area contributed by atoms with Crippen molar-refractivity contribution in [3.05, 3.63) is 53.1 Å². The number of carbonyl (C=O) groups excluding carboxylic acids is 2. The van der Waals surface area contributed by atoms with Gasteiger partial charge in [0.25, 0.3) is 5.91 Å². The van der Waals surface area contributed by atoms with E-state index in [2.05, 4.69) is 0 Å². The van der Waals surface area contributed by atoms with Crippen molar-refractivity contribution in [2.75, 3.05) is 41.0 Å². The molecular weight excluding hydrogens is 432 g/mol. The highest BCUT2D eigenvalue weighted by molar-refractivity contribution is 6.01. The molecule has 1 saturated heterocycles. The van der Waals surface area contributed by atoms with Crippen LogP contribution in [0.1, 0.15) is 66.1 Å². The molecule has 2 heterocycles. The maximum atomic E-state index is 14.1. The molecule has 0 radical (unpaired) electrons. The lowest BCUT2D eigenvalue weighted by molar-refractivity contribution is -0.135. The third kappa shape index (κ3) is 4.19. The van der Waals surface area contributed by atoms with Crippen LogP contribution in [-0.4, -0.2) is 62.6 Å². The highest BCUT2D eigenvalue weighted by Gasteiger charge is 2.45. The van der Waals surface area contributed by atoms with Crippen molar-refractivity contribution in [1.29, 1.82) is 0 Å². The molecule has 4 rings (SSSR count). The smallest absolute Gasteiger partial charge is 0.254 e. The van der Waals surface area contributed by atoms with Gasteiger partial charge in [-0.15, -0.1) is 0 Å². The first-order valence-electron chi connectivity index (χ1n) is 12.0. The van der Waals surface area contributed by atoms with Gasteiger partial charge >= 0.3 is 0 Å². The fourth-order valence-electron chi connectivity index (χ4n) is 5.30. The van der Waals surface area contributed by atoms with Crippen LogP contribution in [0, 0.1) is 0 Å². The van der Waals surface area contributed by atoms with E-state index < -0.39 is 12.0 Å². The van der Waals surface area contributed by atoms with Gasteiger partial charge in [-0.3, -0.25) is 9.59 Å². The topological polar surface area (TPSA) is 68.3 Å². The van der Waals surface area contributed by atoms with Crippen molar-refractivity contribution in [3.63, 3.8) is 0 Å². The summed E-state index contributed by atoms with van der Waals surface area (Å²) in [6.07, 6.45) is 3.93. The van der Waals surface area contributed by atoms with E-state index in [-0.39, 0.29) is 11.8 Å². The minimum Gasteiger partial charge on any atom is -0.493 e. The average molecular weight is 467 g/mol. The number of carbonyl (C=O) groups is 2. The molecule has 2 atom stereocenters. The van der Waals surface area contributed by atoms with Crippen LogP contribution in [0.4, 0.5) is 0 Å². The molecule has 2 aromatic carbocycles. The van der Waals surface area contributed by atoms with Crippen LogP contribution in [0.5, 0.6) is 17.2 Å². The Bertz CT molecular complexity index is 1020. The standard InChI is InChI=1S/C27H34N2O5/c1-5-13-29-24(18-16-21(32-2)25(34-4)22(17-18)33-3)23(27(31)28-14-9-6-10-15-28)19-11-7-8-12-20(19)26(29)30/h7-8,11-12,16-17,23-24H,5-6,9-10,13-15H2,1-4H3/t23-,24-/m0/s1. The first kappa shape index (κ1) is 23.9. The summed E-state index contributed by atoms with van der Waals surface area (Å²) in [5, 5.41) is 0. The second-order valence-corrected chi connectivity index (χ2v) is 8.85. The van der Waals surface area contributed by atoms with Crippen LogP contribution >= 0.6 is 0 Å². The molecule has 2 aliphatic rings. The molecule has 2 aromatic rings. The zero-order chi connectivity index (χ0) is 24.2. The number of piperidine rings is 1. The van der Waals surface area contributed by atoms with Crippen molar-refractivity contribution in [2.45, 2.75) is 44.6 Å². The van der Waals surface area contributed by atoms with Gasteiger partial charge in [-0.1, -0.05) is 25.1 Å². The molecule has 0 spiro atoms. The Morgan fingerprint density at radius 1 is 0.971 bits per heavy atom. The largest absolute Gasteiger partial charge is 0.493 e. The highest BCUT2D eigenvalue weighted by atomic mass is 16.5. The van der Waals surface area contributed by atoms with Gasteiger partial charge in [0.1, 0.15) is 0 Å². The van der Waals surface area contributed by atoms with E-state index in [1.807, 2.05) is 53.1 Å². The Labute approximate surface area is 201 Å². The number of ether oxygens (including phenoxy) is 3. The third-order valence-electron chi connectivity index (χ3n) is 6.87. The number of hydrogen-bond acceptors (Lipinski definition) is 5.